The van der Waals surface area contributed by atoms with Crippen molar-refractivity contribution in [3.05, 3.63) is 103 Å². The Kier molecular flexibility index (Phi) is 9.49. The minimum Gasteiger partial charge on any atom is -0.505 e. The Hall–Kier alpha value is -4.41. The van der Waals surface area contributed by atoms with Crippen LogP contribution in [0, 0.1) is 6.92 Å². The van der Waals surface area contributed by atoms with Gasteiger partial charge in [0.05, 0.1) is 31.8 Å². The standard InChI is InChI=1S/C33H22N6O5S3.Na/c1-18-7-13-25-30(31(18)47(42,43)44)46-33(35-25)20-10-14-23-27(17-20)45-32(34-23)19-8-11-22(12-9-19)36-38-24-15-16-26(40)28(29(24)41)39-37-21-5-3-2-4-6-21;/h2-17,40-41H,1H3,(H,42,43,44);. The summed E-state index contributed by atoms with van der Waals surface area (Å²) in [6.07, 6.45) is 0. The maximum absolute atomic E-state index is 12.0. The molecule has 7 aromatic rings. The van der Waals surface area contributed by atoms with E-state index >= 15 is 0 Å². The predicted octanol–water partition coefficient (Wildman–Crippen LogP) is 9.66. The molecule has 48 heavy (non-hydrogen) atoms. The van der Waals surface area contributed by atoms with Crippen molar-refractivity contribution in [3.8, 4) is 32.6 Å². The predicted molar refractivity (Wildman–Crippen MR) is 189 cm³/mol. The van der Waals surface area contributed by atoms with E-state index in [2.05, 4.69) is 25.4 Å². The van der Waals surface area contributed by atoms with E-state index < -0.39 is 10.1 Å². The van der Waals surface area contributed by atoms with Crippen LogP contribution in [0.4, 0.5) is 22.7 Å². The summed E-state index contributed by atoms with van der Waals surface area (Å²) in [4.78, 5) is 9.28. The van der Waals surface area contributed by atoms with Crippen LogP contribution >= 0.6 is 22.7 Å². The van der Waals surface area contributed by atoms with Gasteiger partial charge in [-0.1, -0.05) is 24.3 Å². The van der Waals surface area contributed by atoms with E-state index in [0.717, 1.165) is 26.4 Å². The smallest absolute Gasteiger partial charge is 0.296 e. The summed E-state index contributed by atoms with van der Waals surface area (Å²) < 4.78 is 35.2. The molecule has 0 fully saturated rings. The van der Waals surface area contributed by atoms with Gasteiger partial charge in [-0.15, -0.1) is 32.9 Å². The molecule has 7 rings (SSSR count). The molecule has 0 bridgehead atoms. The van der Waals surface area contributed by atoms with Gasteiger partial charge in [0.2, 0.25) is 0 Å². The Balaban J connectivity index is 0.00000401. The van der Waals surface area contributed by atoms with Crippen LogP contribution < -0.4 is 0 Å². The third-order valence-corrected chi connectivity index (χ3v) is 10.5. The molecule has 0 amide bonds. The van der Waals surface area contributed by atoms with Crippen LogP contribution in [0.2, 0.25) is 0 Å². The fraction of sp³-hybridized carbons (Fsp3) is 0.0303. The van der Waals surface area contributed by atoms with Gasteiger partial charge in [-0.3, -0.25) is 4.55 Å². The zero-order valence-corrected chi connectivity index (χ0v) is 29.8. The fourth-order valence-corrected chi connectivity index (χ4v) is 8.13. The zero-order valence-electron chi connectivity index (χ0n) is 25.3. The second-order valence-corrected chi connectivity index (χ2v) is 13.7. The molecule has 11 nitrogen and oxygen atoms in total. The number of fused-ring (bicyclic) bond motifs is 2. The molecule has 3 N–H and O–H groups in total. The van der Waals surface area contributed by atoms with Crippen molar-refractivity contribution in [1.29, 1.82) is 0 Å². The molecule has 0 aliphatic heterocycles. The van der Waals surface area contributed by atoms with Crippen LogP contribution in [0.25, 0.3) is 41.6 Å². The number of thiazole rings is 2. The second-order valence-electron chi connectivity index (χ2n) is 10.3. The average molecular weight is 702 g/mol. The van der Waals surface area contributed by atoms with Crippen LogP contribution in [0.5, 0.6) is 11.5 Å². The number of hydrogen-bond acceptors (Lipinski definition) is 12. The monoisotopic (exact) mass is 701 g/mol. The Morgan fingerprint density at radius 3 is 2.08 bits per heavy atom. The van der Waals surface area contributed by atoms with Crippen LogP contribution in [0.1, 0.15) is 5.56 Å². The number of nitrogens with zero attached hydrogens (tertiary/aromatic N) is 6. The molecule has 0 aliphatic carbocycles. The second kappa shape index (κ2) is 13.6. The molecule has 2 aromatic heterocycles. The molecule has 0 spiro atoms. The number of aromatic hydroxyl groups is 2. The summed E-state index contributed by atoms with van der Waals surface area (Å²) in [5, 5.41) is 38.7. The molecule has 2 heterocycles. The summed E-state index contributed by atoms with van der Waals surface area (Å²) in [5.41, 5.74) is 4.55. The van der Waals surface area contributed by atoms with Crippen molar-refractivity contribution in [2.75, 3.05) is 0 Å². The van der Waals surface area contributed by atoms with Crippen LogP contribution in [0.15, 0.2) is 122 Å². The van der Waals surface area contributed by atoms with Crippen molar-refractivity contribution >= 4 is 106 Å². The minimum absolute atomic E-state index is 0. The SMILES string of the molecule is Cc1ccc2nc(-c3ccc4nc(-c5ccc(N=Nc6ccc(O)c(N=Nc7ccccc7)c6O)cc5)sc4c3)sc2c1S(=O)(=O)O.[Na]. The van der Waals surface area contributed by atoms with Gasteiger partial charge >= 0.3 is 0 Å². The van der Waals surface area contributed by atoms with Crippen LogP contribution in [-0.4, -0.2) is 62.7 Å². The molecule has 0 unspecified atom stereocenters. The Labute approximate surface area is 304 Å². The Bertz CT molecular complexity index is 2480. The molecule has 1 radical (unpaired) electrons. The van der Waals surface area contributed by atoms with Gasteiger partial charge in [-0.05, 0) is 85.3 Å². The Morgan fingerprint density at radius 1 is 0.688 bits per heavy atom. The van der Waals surface area contributed by atoms with E-state index in [1.54, 1.807) is 55.5 Å². The van der Waals surface area contributed by atoms with Gasteiger partial charge in [-0.2, -0.15) is 18.6 Å². The molecule has 0 saturated heterocycles. The molecule has 0 aliphatic rings. The van der Waals surface area contributed by atoms with Gasteiger partial charge in [0, 0.05) is 40.7 Å². The first kappa shape index (κ1) is 33.5. The van der Waals surface area contributed by atoms with Crippen molar-refractivity contribution in [3.63, 3.8) is 0 Å². The van der Waals surface area contributed by atoms with Crippen molar-refractivity contribution in [2.45, 2.75) is 11.8 Å². The normalized spacial score (nSPS) is 12.0. The zero-order chi connectivity index (χ0) is 32.7. The molecule has 5 aromatic carbocycles. The quantitative estimate of drug-likeness (QED) is 0.0844. The van der Waals surface area contributed by atoms with Gasteiger partial charge in [0.1, 0.15) is 26.3 Å². The first-order chi connectivity index (χ1) is 22.6. The number of rotatable bonds is 7. The summed E-state index contributed by atoms with van der Waals surface area (Å²) >= 11 is 2.71. The maximum atomic E-state index is 12.0. The summed E-state index contributed by atoms with van der Waals surface area (Å²) in [5.74, 6) is -0.589. The number of benzene rings is 5. The van der Waals surface area contributed by atoms with Gasteiger partial charge in [0.25, 0.3) is 10.1 Å². The number of azo groups is 2. The third kappa shape index (κ3) is 6.77. The number of hydrogen-bond donors (Lipinski definition) is 3. The average Bonchev–Trinajstić information content (AvgIpc) is 3.68. The van der Waals surface area contributed by atoms with Crippen molar-refractivity contribution < 1.29 is 23.2 Å². The van der Waals surface area contributed by atoms with E-state index in [4.69, 9.17) is 4.98 Å². The topological polar surface area (TPSA) is 170 Å². The largest absolute Gasteiger partial charge is 0.505 e. The first-order valence-corrected chi connectivity index (χ1v) is 17.0. The van der Waals surface area contributed by atoms with E-state index in [9.17, 15) is 23.2 Å². The van der Waals surface area contributed by atoms with Crippen LogP contribution in [-0.2, 0) is 10.1 Å². The summed E-state index contributed by atoms with van der Waals surface area (Å²) in [7, 11) is -4.41. The summed E-state index contributed by atoms with van der Waals surface area (Å²) in [6, 6.07) is 28.2. The molecule has 0 atom stereocenters. The third-order valence-electron chi connectivity index (χ3n) is 7.12. The van der Waals surface area contributed by atoms with Crippen LogP contribution in [0.3, 0.4) is 0 Å². The number of phenols is 2. The van der Waals surface area contributed by atoms with Gasteiger partial charge < -0.3 is 10.2 Å². The first-order valence-electron chi connectivity index (χ1n) is 14.0. The van der Waals surface area contributed by atoms with Gasteiger partial charge in [0.15, 0.2) is 11.4 Å². The molecular formula is C33H22N6NaO5S3. The molecule has 233 valence electrons. The number of aryl methyl sites for hydroxylation is 1. The minimum atomic E-state index is -4.41. The fourth-order valence-electron chi connectivity index (χ4n) is 4.81. The van der Waals surface area contributed by atoms with E-state index in [1.807, 2.05) is 36.4 Å². The molecule has 15 heteroatoms. The van der Waals surface area contributed by atoms with E-state index in [-0.39, 0.29) is 57.3 Å². The molecule has 0 saturated carbocycles. The number of aromatic nitrogens is 2. The van der Waals surface area contributed by atoms with Crippen molar-refractivity contribution in [2.24, 2.45) is 20.5 Å². The van der Waals surface area contributed by atoms with E-state index in [0.29, 0.717) is 32.2 Å². The maximum Gasteiger partial charge on any atom is 0.296 e. The van der Waals surface area contributed by atoms with E-state index in [1.165, 1.54) is 34.8 Å². The molecular weight excluding hydrogens is 680 g/mol. The summed E-state index contributed by atoms with van der Waals surface area (Å²) in [6.45, 7) is 1.64. The Morgan fingerprint density at radius 2 is 1.33 bits per heavy atom. The number of phenolic OH excluding ortho intramolecular Hbond substituents is 2. The van der Waals surface area contributed by atoms with Crippen molar-refractivity contribution in [1.82, 2.24) is 9.97 Å². The van der Waals surface area contributed by atoms with Gasteiger partial charge in [-0.25, -0.2) is 9.97 Å².